The van der Waals surface area contributed by atoms with Crippen molar-refractivity contribution in [2.75, 3.05) is 0 Å². The number of hydrogen-bond donors (Lipinski definition) is 0. The number of rotatable bonds is 3. The van der Waals surface area contributed by atoms with Crippen molar-refractivity contribution in [3.05, 3.63) is 132 Å². The van der Waals surface area contributed by atoms with Gasteiger partial charge >= 0.3 is 15.6 Å². The summed E-state index contributed by atoms with van der Waals surface area (Å²) in [5.41, 5.74) is -1.79. The molecule has 2 aliphatic heterocycles. The van der Waals surface area contributed by atoms with E-state index in [1.807, 2.05) is 66.7 Å². The smallest absolute Gasteiger partial charge is 0.457 e. The van der Waals surface area contributed by atoms with Gasteiger partial charge in [-0.25, -0.2) is 0 Å². The van der Waals surface area contributed by atoms with Crippen molar-refractivity contribution in [1.29, 1.82) is 0 Å². The van der Waals surface area contributed by atoms with Crippen LogP contribution in [0.15, 0.2) is 109 Å². The first-order chi connectivity index (χ1) is 19.7. The molecular weight excluding hydrogens is 555 g/mol. The van der Waals surface area contributed by atoms with Crippen LogP contribution in [0.1, 0.15) is 22.3 Å². The number of ether oxygens (including phenoxy) is 2. The minimum Gasteiger partial charge on any atom is -0.457 e. The minimum atomic E-state index is -5.88. The number of fused-ring (bicyclic) bond motifs is 8. The largest absolute Gasteiger partial charge is 0.534 e. The van der Waals surface area contributed by atoms with E-state index >= 15 is 0 Å². The van der Waals surface area contributed by atoms with Crippen molar-refractivity contribution in [3.63, 3.8) is 0 Å². The summed E-state index contributed by atoms with van der Waals surface area (Å²) in [5, 5.41) is 0. The molecule has 0 bridgehead atoms. The molecule has 0 saturated heterocycles. The van der Waals surface area contributed by atoms with Gasteiger partial charge in [-0.3, -0.25) is 4.98 Å². The first kappa shape index (κ1) is 25.2. The van der Waals surface area contributed by atoms with Gasteiger partial charge in [-0.15, -0.1) is 0 Å². The monoisotopic (exact) mass is 573 g/mol. The fourth-order valence-corrected chi connectivity index (χ4v) is 6.05. The molecule has 1 atom stereocenters. The highest BCUT2D eigenvalue weighted by Crippen LogP contribution is 2.61. The molecule has 10 heteroatoms. The van der Waals surface area contributed by atoms with Crippen molar-refractivity contribution in [2.45, 2.75) is 10.9 Å². The molecule has 0 fully saturated rings. The van der Waals surface area contributed by atoms with Crippen LogP contribution in [-0.2, 0) is 15.5 Å². The van der Waals surface area contributed by atoms with Crippen LogP contribution >= 0.6 is 0 Å². The Morgan fingerprint density at radius 1 is 0.634 bits per heavy atom. The maximum Gasteiger partial charge on any atom is 0.534 e. The zero-order valence-corrected chi connectivity index (χ0v) is 21.7. The lowest BCUT2D eigenvalue weighted by Crippen LogP contribution is -2.36. The molecule has 3 heterocycles. The summed E-state index contributed by atoms with van der Waals surface area (Å²) in [6, 6.07) is 28.4. The highest BCUT2D eigenvalue weighted by Gasteiger charge is 2.51. The number of alkyl halides is 3. The van der Waals surface area contributed by atoms with Crippen LogP contribution < -0.4 is 13.7 Å². The van der Waals surface area contributed by atoms with Gasteiger partial charge in [0.2, 0.25) is 0 Å². The van der Waals surface area contributed by atoms with Gasteiger partial charge in [-0.1, -0.05) is 48.5 Å². The summed E-state index contributed by atoms with van der Waals surface area (Å²) < 4.78 is 79.7. The Balaban J connectivity index is 1.50. The second-order valence-corrected chi connectivity index (χ2v) is 11.1. The van der Waals surface area contributed by atoms with Crippen molar-refractivity contribution in [3.8, 4) is 39.9 Å². The molecule has 0 amide bonds. The van der Waals surface area contributed by atoms with Gasteiger partial charge in [-0.2, -0.15) is 21.6 Å². The molecule has 4 aromatic carbocycles. The number of halogens is 3. The standard InChI is InChI=1S/C31H18F3NO5S/c32-31(33,34)41(36,37)40-21-10-12-25-29(18-21)39-27-8-4-2-6-23(27)30(25)22-5-1-3-7-26(22)38-28-17-20(9-11-24(28)30)19-13-15-35-16-14-19/h1-18H. The second-order valence-electron chi connectivity index (χ2n) is 9.53. The molecule has 0 N–H and O–H groups in total. The summed E-state index contributed by atoms with van der Waals surface area (Å²) in [7, 11) is -5.88. The molecule has 0 aliphatic carbocycles. The van der Waals surface area contributed by atoms with E-state index in [0.717, 1.165) is 27.8 Å². The molecule has 2 aliphatic rings. The van der Waals surface area contributed by atoms with E-state index in [1.165, 1.54) is 18.2 Å². The lowest BCUT2D eigenvalue weighted by molar-refractivity contribution is -0.0500. The molecule has 6 nitrogen and oxygen atoms in total. The molecule has 0 radical (unpaired) electrons. The van der Waals surface area contributed by atoms with E-state index in [0.29, 0.717) is 22.8 Å². The highest BCUT2D eigenvalue weighted by molar-refractivity contribution is 7.88. The van der Waals surface area contributed by atoms with Crippen LogP contribution in [0.2, 0.25) is 0 Å². The summed E-state index contributed by atoms with van der Waals surface area (Å²) >= 11 is 0. The fourth-order valence-electron chi connectivity index (χ4n) is 5.60. The Kier molecular flexibility index (Phi) is 5.42. The average molecular weight is 574 g/mol. The van der Waals surface area contributed by atoms with Crippen LogP contribution in [0.25, 0.3) is 11.1 Å². The summed E-state index contributed by atoms with van der Waals surface area (Å²) in [6.45, 7) is 0. The number of pyridine rings is 1. The highest BCUT2D eigenvalue weighted by atomic mass is 32.2. The topological polar surface area (TPSA) is 74.7 Å². The van der Waals surface area contributed by atoms with E-state index in [4.69, 9.17) is 9.47 Å². The predicted molar refractivity (Wildman–Crippen MR) is 144 cm³/mol. The quantitative estimate of drug-likeness (QED) is 0.160. The normalized spacial score (nSPS) is 16.9. The van der Waals surface area contributed by atoms with E-state index in [9.17, 15) is 21.6 Å². The number of hydrogen-bond acceptors (Lipinski definition) is 6. The first-order valence-corrected chi connectivity index (χ1v) is 13.8. The SMILES string of the molecule is O=S(=O)(Oc1ccc2c(c1)Oc1ccccc1C21c2ccccc2Oc2cc(-c3ccncc3)ccc21)C(F)(F)F. The first-order valence-electron chi connectivity index (χ1n) is 12.4. The Labute approximate surface area is 232 Å². The predicted octanol–water partition coefficient (Wildman–Crippen LogP) is 7.57. The van der Waals surface area contributed by atoms with Crippen LogP contribution in [0.3, 0.4) is 0 Å². The molecule has 5 aromatic rings. The van der Waals surface area contributed by atoms with E-state index in [-0.39, 0.29) is 5.75 Å². The number of aromatic nitrogens is 1. The summed E-state index contributed by atoms with van der Waals surface area (Å²) in [4.78, 5) is 4.09. The van der Waals surface area contributed by atoms with E-state index < -0.39 is 26.8 Å². The van der Waals surface area contributed by atoms with E-state index in [1.54, 1.807) is 24.5 Å². The Bertz CT molecular complexity index is 1930. The van der Waals surface area contributed by atoms with Gasteiger partial charge in [-0.05, 0) is 53.6 Å². The Hall–Kier alpha value is -4.83. The van der Waals surface area contributed by atoms with E-state index in [2.05, 4.69) is 9.17 Å². The summed E-state index contributed by atoms with van der Waals surface area (Å²) in [6.07, 6.45) is 3.41. The molecular formula is C31H18F3NO5S. The zero-order chi connectivity index (χ0) is 28.4. The molecule has 41 heavy (non-hydrogen) atoms. The molecule has 0 saturated carbocycles. The van der Waals surface area contributed by atoms with Gasteiger partial charge in [0, 0.05) is 40.7 Å². The third-order valence-electron chi connectivity index (χ3n) is 7.27. The number of para-hydroxylation sites is 2. The van der Waals surface area contributed by atoms with Gasteiger partial charge in [0.25, 0.3) is 0 Å². The number of nitrogens with zero attached hydrogens (tertiary/aromatic N) is 1. The maximum absolute atomic E-state index is 13.1. The van der Waals surface area contributed by atoms with Crippen molar-refractivity contribution in [1.82, 2.24) is 4.98 Å². The Morgan fingerprint density at radius 2 is 1.17 bits per heavy atom. The van der Waals surface area contributed by atoms with Gasteiger partial charge in [0.1, 0.15) is 28.7 Å². The van der Waals surface area contributed by atoms with Crippen LogP contribution in [0.4, 0.5) is 13.2 Å². The number of benzene rings is 4. The van der Waals surface area contributed by atoms with Gasteiger partial charge in [0.05, 0.1) is 5.41 Å². The van der Waals surface area contributed by atoms with Crippen molar-refractivity contribution in [2.24, 2.45) is 0 Å². The van der Waals surface area contributed by atoms with Crippen LogP contribution in [0.5, 0.6) is 28.7 Å². The fraction of sp³-hybridized carbons (Fsp3) is 0.0645. The minimum absolute atomic E-state index is 0.152. The molecule has 7 rings (SSSR count). The third-order valence-corrected chi connectivity index (χ3v) is 8.25. The lowest BCUT2D eigenvalue weighted by atomic mass is 9.62. The lowest BCUT2D eigenvalue weighted by Gasteiger charge is -2.44. The van der Waals surface area contributed by atoms with Gasteiger partial charge in [0.15, 0.2) is 0 Å². The van der Waals surface area contributed by atoms with Crippen molar-refractivity contribution >= 4 is 10.1 Å². The average Bonchev–Trinajstić information content (AvgIpc) is 2.96. The Morgan fingerprint density at radius 3 is 1.78 bits per heavy atom. The van der Waals surface area contributed by atoms with Crippen molar-refractivity contribution < 1.29 is 35.2 Å². The summed E-state index contributed by atoms with van der Waals surface area (Å²) in [5.74, 6) is 1.26. The molecule has 1 aromatic heterocycles. The third kappa shape index (κ3) is 3.78. The van der Waals surface area contributed by atoms with Gasteiger partial charge < -0.3 is 13.7 Å². The molecule has 1 unspecified atom stereocenters. The molecule has 204 valence electrons. The zero-order valence-electron chi connectivity index (χ0n) is 20.9. The van der Waals surface area contributed by atoms with Crippen LogP contribution in [0, 0.1) is 0 Å². The second kappa shape index (κ2) is 8.84. The van der Waals surface area contributed by atoms with Crippen LogP contribution in [-0.4, -0.2) is 18.9 Å². The molecule has 1 spiro atoms. The maximum atomic E-state index is 13.1.